The third kappa shape index (κ3) is 4.79. The number of hydrogen-bond donors (Lipinski definition) is 1. The van der Waals surface area contributed by atoms with Crippen molar-refractivity contribution in [3.05, 3.63) is 22.8 Å². The molecule has 0 saturated heterocycles. The van der Waals surface area contributed by atoms with Gasteiger partial charge in [-0.25, -0.2) is 4.98 Å². The van der Waals surface area contributed by atoms with Gasteiger partial charge in [-0.1, -0.05) is 11.6 Å². The van der Waals surface area contributed by atoms with E-state index in [4.69, 9.17) is 11.6 Å². The van der Waals surface area contributed by atoms with Crippen molar-refractivity contribution in [3.8, 4) is 0 Å². The van der Waals surface area contributed by atoms with Crippen LogP contribution in [0, 0.1) is 0 Å². The predicted octanol–water partition coefficient (Wildman–Crippen LogP) is 2.77. The molecule has 1 aromatic rings. The fraction of sp³-hybridized carbons (Fsp3) is 0.500. The van der Waals surface area contributed by atoms with E-state index in [0.29, 0.717) is 16.5 Å². The predicted molar refractivity (Wildman–Crippen MR) is 61.2 cm³/mol. The summed E-state index contributed by atoms with van der Waals surface area (Å²) < 4.78 is 36.4. The molecule has 0 saturated carbocycles. The van der Waals surface area contributed by atoms with Gasteiger partial charge in [0.05, 0.1) is 17.3 Å². The maximum Gasteiger partial charge on any atom is 0.401 e. The quantitative estimate of drug-likeness (QED) is 0.909. The summed E-state index contributed by atoms with van der Waals surface area (Å²) in [6.07, 6.45) is -4.22. The topological polar surface area (TPSA) is 28.2 Å². The van der Waals surface area contributed by atoms with Gasteiger partial charge in [0.25, 0.3) is 0 Å². The molecule has 96 valence electrons. The molecule has 0 spiro atoms. The number of nitrogens with zero attached hydrogens (tertiary/aromatic N) is 2. The molecule has 0 fully saturated rings. The number of anilines is 1. The Balaban J connectivity index is 2.73. The Morgan fingerprint density at radius 2 is 2.06 bits per heavy atom. The van der Waals surface area contributed by atoms with Crippen LogP contribution in [0.4, 0.5) is 19.0 Å². The molecule has 7 heteroatoms. The Kier molecular flexibility index (Phi) is 4.59. The van der Waals surface area contributed by atoms with E-state index in [1.165, 1.54) is 7.05 Å². The van der Waals surface area contributed by atoms with Crippen LogP contribution in [0.15, 0.2) is 12.1 Å². The summed E-state index contributed by atoms with van der Waals surface area (Å²) >= 11 is 5.87. The molecular weight excluding hydrogens is 255 g/mol. The van der Waals surface area contributed by atoms with Crippen LogP contribution in [0.1, 0.15) is 5.69 Å². The van der Waals surface area contributed by atoms with Crippen molar-refractivity contribution in [2.24, 2.45) is 0 Å². The number of hydrogen-bond acceptors (Lipinski definition) is 3. The largest absolute Gasteiger partial charge is 0.401 e. The first-order valence-corrected chi connectivity index (χ1v) is 5.28. The van der Waals surface area contributed by atoms with Crippen LogP contribution in [-0.2, 0) is 6.54 Å². The molecule has 17 heavy (non-hydrogen) atoms. The van der Waals surface area contributed by atoms with Gasteiger partial charge in [0.2, 0.25) is 0 Å². The maximum absolute atomic E-state index is 12.1. The highest BCUT2D eigenvalue weighted by Crippen LogP contribution is 2.20. The smallest absolute Gasteiger partial charge is 0.373 e. The Morgan fingerprint density at radius 3 is 2.59 bits per heavy atom. The van der Waals surface area contributed by atoms with E-state index < -0.39 is 12.7 Å². The highest BCUT2D eigenvalue weighted by atomic mass is 35.5. The van der Waals surface area contributed by atoms with Gasteiger partial charge < -0.3 is 5.32 Å². The summed E-state index contributed by atoms with van der Waals surface area (Å²) in [5, 5.41) is 3.16. The lowest BCUT2D eigenvalue weighted by Gasteiger charge is -2.18. The van der Waals surface area contributed by atoms with Crippen molar-refractivity contribution in [3.63, 3.8) is 0 Å². The van der Waals surface area contributed by atoms with Crippen molar-refractivity contribution in [2.75, 3.05) is 26.0 Å². The zero-order chi connectivity index (χ0) is 13.1. The average molecular weight is 268 g/mol. The molecular formula is C10H13ClF3N3. The summed E-state index contributed by atoms with van der Waals surface area (Å²) in [5.41, 5.74) is 0.422. The van der Waals surface area contributed by atoms with Crippen LogP contribution in [0.3, 0.4) is 0 Å². The molecule has 0 aliphatic carbocycles. The van der Waals surface area contributed by atoms with E-state index in [-0.39, 0.29) is 6.54 Å². The van der Waals surface area contributed by atoms with Gasteiger partial charge >= 0.3 is 6.18 Å². The van der Waals surface area contributed by atoms with E-state index in [0.717, 1.165) is 4.90 Å². The molecule has 0 bridgehead atoms. The summed E-state index contributed by atoms with van der Waals surface area (Å²) in [7, 11) is 3.05. The molecule has 0 aromatic carbocycles. The van der Waals surface area contributed by atoms with Gasteiger partial charge in [0.1, 0.15) is 5.82 Å². The van der Waals surface area contributed by atoms with E-state index in [1.807, 2.05) is 0 Å². The van der Waals surface area contributed by atoms with Crippen LogP contribution >= 0.6 is 11.6 Å². The van der Waals surface area contributed by atoms with Crippen LogP contribution in [0.25, 0.3) is 0 Å². The van der Waals surface area contributed by atoms with Gasteiger partial charge in [-0.15, -0.1) is 0 Å². The molecule has 0 aliphatic heterocycles. The first-order valence-electron chi connectivity index (χ1n) is 4.90. The average Bonchev–Trinajstić information content (AvgIpc) is 2.18. The minimum absolute atomic E-state index is 0.0495. The number of pyridine rings is 1. The van der Waals surface area contributed by atoms with Gasteiger partial charge in [0.15, 0.2) is 0 Å². The first kappa shape index (κ1) is 14.1. The molecule has 1 rings (SSSR count). The second-order valence-corrected chi connectivity index (χ2v) is 4.07. The van der Waals surface area contributed by atoms with Crippen molar-refractivity contribution < 1.29 is 13.2 Å². The van der Waals surface area contributed by atoms with E-state index in [2.05, 4.69) is 10.3 Å². The summed E-state index contributed by atoms with van der Waals surface area (Å²) in [4.78, 5) is 5.23. The van der Waals surface area contributed by atoms with E-state index in [9.17, 15) is 13.2 Å². The van der Waals surface area contributed by atoms with Crippen LogP contribution < -0.4 is 5.32 Å². The number of halogens is 4. The Bertz CT molecular complexity index is 382. The molecule has 0 unspecified atom stereocenters. The number of rotatable bonds is 4. The Morgan fingerprint density at radius 1 is 1.41 bits per heavy atom. The molecule has 3 nitrogen and oxygen atoms in total. The van der Waals surface area contributed by atoms with Crippen LogP contribution in [-0.4, -0.2) is 36.7 Å². The summed E-state index contributed by atoms with van der Waals surface area (Å²) in [6, 6.07) is 3.27. The van der Waals surface area contributed by atoms with Crippen molar-refractivity contribution in [1.82, 2.24) is 9.88 Å². The SMILES string of the molecule is CNc1ccc(Cl)c(CN(C)CC(F)(F)F)n1. The third-order valence-electron chi connectivity index (χ3n) is 2.04. The number of nitrogens with one attached hydrogen (secondary N) is 1. The second kappa shape index (κ2) is 5.55. The molecule has 1 heterocycles. The third-order valence-corrected chi connectivity index (χ3v) is 2.39. The maximum atomic E-state index is 12.1. The Hall–Kier alpha value is -1.01. The lowest BCUT2D eigenvalue weighted by molar-refractivity contribution is -0.144. The van der Waals surface area contributed by atoms with Gasteiger partial charge in [-0.05, 0) is 19.2 Å². The molecule has 1 N–H and O–H groups in total. The van der Waals surface area contributed by atoms with Gasteiger partial charge in [0, 0.05) is 13.6 Å². The van der Waals surface area contributed by atoms with Gasteiger partial charge in [-0.2, -0.15) is 13.2 Å². The summed E-state index contributed by atoms with van der Waals surface area (Å²) in [6.45, 7) is -0.942. The standard InChI is InChI=1S/C10H13ClF3N3/c1-15-9-4-3-7(11)8(16-9)5-17(2)6-10(12,13)14/h3-4H,5-6H2,1-2H3,(H,15,16). The molecule has 0 amide bonds. The monoisotopic (exact) mass is 267 g/mol. The van der Waals surface area contributed by atoms with Crippen molar-refractivity contribution >= 4 is 17.4 Å². The Labute approximate surface area is 103 Å². The fourth-order valence-corrected chi connectivity index (χ4v) is 1.52. The van der Waals surface area contributed by atoms with Crippen LogP contribution in [0.2, 0.25) is 5.02 Å². The molecule has 1 aromatic heterocycles. The zero-order valence-corrected chi connectivity index (χ0v) is 10.2. The second-order valence-electron chi connectivity index (χ2n) is 3.66. The zero-order valence-electron chi connectivity index (χ0n) is 9.48. The highest BCUT2D eigenvalue weighted by molar-refractivity contribution is 6.31. The van der Waals surface area contributed by atoms with E-state index >= 15 is 0 Å². The van der Waals surface area contributed by atoms with Crippen LogP contribution in [0.5, 0.6) is 0 Å². The van der Waals surface area contributed by atoms with E-state index in [1.54, 1.807) is 19.2 Å². The molecule has 0 radical (unpaired) electrons. The minimum Gasteiger partial charge on any atom is -0.373 e. The van der Waals surface area contributed by atoms with Crippen molar-refractivity contribution in [2.45, 2.75) is 12.7 Å². The highest BCUT2D eigenvalue weighted by Gasteiger charge is 2.29. The van der Waals surface area contributed by atoms with Crippen molar-refractivity contribution in [1.29, 1.82) is 0 Å². The lowest BCUT2D eigenvalue weighted by atomic mass is 10.3. The molecule has 0 aliphatic rings. The fourth-order valence-electron chi connectivity index (χ4n) is 1.35. The minimum atomic E-state index is -4.22. The summed E-state index contributed by atoms with van der Waals surface area (Å²) in [5.74, 6) is 0.574. The lowest BCUT2D eigenvalue weighted by Crippen LogP contribution is -2.30. The van der Waals surface area contributed by atoms with Gasteiger partial charge in [-0.3, -0.25) is 4.90 Å². The first-order chi connectivity index (χ1) is 7.81. The number of aromatic nitrogens is 1. The normalized spacial score (nSPS) is 11.9. The number of alkyl halides is 3. The molecule has 0 atom stereocenters.